The number of nitrogens with zero attached hydrogens (tertiary/aromatic N) is 4. The molecule has 4 rings (SSSR count). The van der Waals surface area contributed by atoms with Gasteiger partial charge in [0.25, 0.3) is 0 Å². The van der Waals surface area contributed by atoms with Crippen LogP contribution in [-0.4, -0.2) is 62.0 Å². The Hall–Kier alpha value is -3.66. The first-order valence-corrected chi connectivity index (χ1v) is 10.5. The highest BCUT2D eigenvalue weighted by atomic mass is 19.3. The van der Waals surface area contributed by atoms with E-state index in [1.165, 1.54) is 35.2 Å². The molecular formula is C23H23F2N5O3. The highest BCUT2D eigenvalue weighted by Crippen LogP contribution is 2.32. The number of rotatable bonds is 9. The average molecular weight is 455 g/mol. The van der Waals surface area contributed by atoms with Crippen molar-refractivity contribution in [3.8, 4) is 11.4 Å². The Kier molecular flexibility index (Phi) is 6.74. The molecule has 2 N–H and O–H groups in total. The number of alkyl halides is 2. The number of aliphatic hydroxyl groups excluding tert-OH is 1. The quantitative estimate of drug-likeness (QED) is 0.480. The minimum atomic E-state index is -3.45. The maximum Gasteiger partial charge on any atom is 0.410 e. The van der Waals surface area contributed by atoms with Crippen LogP contribution in [0, 0.1) is 0 Å². The van der Waals surface area contributed by atoms with Crippen LogP contribution in [0.4, 0.5) is 13.6 Å². The van der Waals surface area contributed by atoms with Gasteiger partial charge in [-0.1, -0.05) is 66.7 Å². The van der Waals surface area contributed by atoms with Gasteiger partial charge in [0.15, 0.2) is 0 Å². The molecule has 1 fully saturated rings. The summed E-state index contributed by atoms with van der Waals surface area (Å²) >= 11 is 0. The number of benzene rings is 2. The van der Waals surface area contributed by atoms with E-state index in [2.05, 4.69) is 20.6 Å². The number of carbonyl (C=O) groups excluding carboxylic acids is 1. The van der Waals surface area contributed by atoms with E-state index in [1.807, 2.05) is 24.3 Å². The molecule has 1 saturated heterocycles. The second kappa shape index (κ2) is 9.86. The smallest absolute Gasteiger partial charge is 0.410 e. The van der Waals surface area contributed by atoms with Crippen molar-refractivity contribution in [2.75, 3.05) is 13.2 Å². The molecule has 2 aromatic carbocycles. The Labute approximate surface area is 188 Å². The Balaban J connectivity index is 1.38. The molecule has 3 aromatic rings. The van der Waals surface area contributed by atoms with Crippen LogP contribution < -0.4 is 0 Å². The van der Waals surface area contributed by atoms with Gasteiger partial charge in [-0.15, -0.1) is 10.2 Å². The standard InChI is InChI=1S/C23H23F2N5O3/c24-23(25,17-9-2-1-3-10-17)20(31)13-12-18-15-33-22(32)30(18)14-6-8-16-7-4-5-11-19(16)21-26-28-29-27-21/h1-5,7,9-13,18,20,31H,6,8,14-15H2,(H,26,27,28,29)/b13-12+. The molecular weight excluding hydrogens is 432 g/mol. The van der Waals surface area contributed by atoms with Gasteiger partial charge in [-0.05, 0) is 23.6 Å². The number of aromatic nitrogens is 4. The molecule has 1 aliphatic rings. The van der Waals surface area contributed by atoms with Gasteiger partial charge in [-0.25, -0.2) is 4.79 Å². The molecule has 1 aromatic heterocycles. The van der Waals surface area contributed by atoms with Crippen LogP contribution in [0.3, 0.4) is 0 Å². The van der Waals surface area contributed by atoms with Gasteiger partial charge in [0.05, 0.1) is 6.04 Å². The summed E-state index contributed by atoms with van der Waals surface area (Å²) in [5, 5.41) is 24.1. The molecule has 8 nitrogen and oxygen atoms in total. The Morgan fingerprint density at radius 3 is 2.73 bits per heavy atom. The first kappa shape index (κ1) is 22.5. The molecule has 2 unspecified atom stereocenters. The summed E-state index contributed by atoms with van der Waals surface area (Å²) in [6.45, 7) is 0.401. The predicted molar refractivity (Wildman–Crippen MR) is 115 cm³/mol. The summed E-state index contributed by atoms with van der Waals surface area (Å²) in [7, 11) is 0. The molecule has 2 heterocycles. The fourth-order valence-corrected chi connectivity index (χ4v) is 3.74. The summed E-state index contributed by atoms with van der Waals surface area (Å²) in [5.74, 6) is -2.97. The molecule has 0 saturated carbocycles. The van der Waals surface area contributed by atoms with Crippen LogP contribution >= 0.6 is 0 Å². The maximum atomic E-state index is 14.5. The fraction of sp³-hybridized carbons (Fsp3) is 0.304. The molecule has 0 bridgehead atoms. The van der Waals surface area contributed by atoms with E-state index in [-0.39, 0.29) is 12.2 Å². The largest absolute Gasteiger partial charge is 0.447 e. The molecule has 0 radical (unpaired) electrons. The third-order valence-electron chi connectivity index (χ3n) is 5.51. The topological polar surface area (TPSA) is 104 Å². The SMILES string of the molecule is O=C1OCC(/C=C/C(O)C(F)(F)c2ccccc2)N1CCCc1ccccc1-c1nn[nH]n1. The molecule has 1 aliphatic heterocycles. The number of H-pyrrole nitrogens is 1. The van der Waals surface area contributed by atoms with Crippen molar-refractivity contribution in [3.63, 3.8) is 0 Å². The fourth-order valence-electron chi connectivity index (χ4n) is 3.74. The monoisotopic (exact) mass is 455 g/mol. The van der Waals surface area contributed by atoms with E-state index in [9.17, 15) is 18.7 Å². The van der Waals surface area contributed by atoms with Crippen molar-refractivity contribution >= 4 is 6.09 Å². The number of hydrogen-bond donors (Lipinski definition) is 2. The zero-order valence-corrected chi connectivity index (χ0v) is 17.6. The Morgan fingerprint density at radius 2 is 1.97 bits per heavy atom. The number of tetrazole rings is 1. The Morgan fingerprint density at radius 1 is 1.21 bits per heavy atom. The molecule has 33 heavy (non-hydrogen) atoms. The zero-order valence-electron chi connectivity index (χ0n) is 17.6. The lowest BCUT2D eigenvalue weighted by molar-refractivity contribution is -0.0929. The predicted octanol–water partition coefficient (Wildman–Crippen LogP) is 3.33. The number of aromatic amines is 1. The highest BCUT2D eigenvalue weighted by molar-refractivity contribution is 5.70. The van der Waals surface area contributed by atoms with E-state index < -0.39 is 24.2 Å². The minimum Gasteiger partial charge on any atom is -0.447 e. The van der Waals surface area contributed by atoms with E-state index >= 15 is 0 Å². The van der Waals surface area contributed by atoms with Gasteiger partial charge in [0, 0.05) is 17.7 Å². The second-order valence-corrected chi connectivity index (χ2v) is 7.65. The van der Waals surface area contributed by atoms with E-state index in [0.29, 0.717) is 25.2 Å². The normalized spacial score (nSPS) is 17.5. The molecule has 172 valence electrons. The Bertz CT molecular complexity index is 1090. The lowest BCUT2D eigenvalue weighted by Gasteiger charge is -2.22. The van der Waals surface area contributed by atoms with Crippen molar-refractivity contribution in [1.29, 1.82) is 0 Å². The van der Waals surface area contributed by atoms with Crippen LogP contribution in [0.1, 0.15) is 17.5 Å². The van der Waals surface area contributed by atoms with Crippen molar-refractivity contribution in [2.24, 2.45) is 0 Å². The first-order chi connectivity index (χ1) is 16.0. The van der Waals surface area contributed by atoms with Gasteiger partial charge in [-0.2, -0.15) is 14.0 Å². The number of cyclic esters (lactones) is 1. The summed E-state index contributed by atoms with van der Waals surface area (Å²) in [4.78, 5) is 13.6. The highest BCUT2D eigenvalue weighted by Gasteiger charge is 2.39. The summed E-state index contributed by atoms with van der Waals surface area (Å²) in [6.07, 6.45) is 1.13. The van der Waals surface area contributed by atoms with Gasteiger partial charge < -0.3 is 9.84 Å². The lowest BCUT2D eigenvalue weighted by atomic mass is 10.0. The number of hydrogen-bond acceptors (Lipinski definition) is 6. The van der Waals surface area contributed by atoms with Crippen LogP contribution in [0.5, 0.6) is 0 Å². The summed E-state index contributed by atoms with van der Waals surface area (Å²) in [6, 6.07) is 14.2. The van der Waals surface area contributed by atoms with Crippen LogP contribution in [-0.2, 0) is 17.1 Å². The van der Waals surface area contributed by atoms with Crippen LogP contribution in [0.25, 0.3) is 11.4 Å². The number of carbonyl (C=O) groups is 1. The molecule has 1 amide bonds. The van der Waals surface area contributed by atoms with Gasteiger partial charge in [0.1, 0.15) is 12.7 Å². The van der Waals surface area contributed by atoms with Gasteiger partial charge in [-0.3, -0.25) is 4.90 Å². The number of amides is 1. The number of aliphatic hydroxyl groups is 1. The maximum absolute atomic E-state index is 14.5. The molecule has 0 aliphatic carbocycles. The molecule has 0 spiro atoms. The number of aryl methyl sites for hydroxylation is 1. The number of ether oxygens (including phenoxy) is 1. The van der Waals surface area contributed by atoms with Crippen molar-refractivity contribution in [2.45, 2.75) is 30.9 Å². The minimum absolute atomic E-state index is 0.0401. The van der Waals surface area contributed by atoms with Crippen LogP contribution in [0.15, 0.2) is 66.7 Å². The third-order valence-corrected chi connectivity index (χ3v) is 5.51. The molecule has 2 atom stereocenters. The van der Waals surface area contributed by atoms with Gasteiger partial charge >= 0.3 is 12.0 Å². The average Bonchev–Trinajstić information content (AvgIpc) is 3.49. The van der Waals surface area contributed by atoms with E-state index in [4.69, 9.17) is 4.74 Å². The van der Waals surface area contributed by atoms with Gasteiger partial charge in [0.2, 0.25) is 5.82 Å². The van der Waals surface area contributed by atoms with Crippen LogP contribution in [0.2, 0.25) is 0 Å². The zero-order chi connectivity index (χ0) is 23.3. The van der Waals surface area contributed by atoms with Crippen molar-refractivity contribution < 1.29 is 23.4 Å². The van der Waals surface area contributed by atoms with E-state index in [1.54, 1.807) is 6.07 Å². The third kappa shape index (κ3) is 5.06. The summed E-state index contributed by atoms with van der Waals surface area (Å²) in [5.41, 5.74) is 1.56. The number of halogens is 2. The second-order valence-electron chi connectivity index (χ2n) is 7.65. The van der Waals surface area contributed by atoms with Crippen molar-refractivity contribution in [1.82, 2.24) is 25.5 Å². The molecule has 10 heteroatoms. The summed E-state index contributed by atoms with van der Waals surface area (Å²) < 4.78 is 34.1. The lowest BCUT2D eigenvalue weighted by Crippen LogP contribution is -2.34. The van der Waals surface area contributed by atoms with Crippen molar-refractivity contribution in [3.05, 3.63) is 77.9 Å². The number of nitrogens with one attached hydrogen (secondary N) is 1. The first-order valence-electron chi connectivity index (χ1n) is 10.5. The van der Waals surface area contributed by atoms with E-state index in [0.717, 1.165) is 17.2 Å².